The van der Waals surface area contributed by atoms with Gasteiger partial charge in [-0.25, -0.2) is 0 Å². The van der Waals surface area contributed by atoms with E-state index in [2.05, 4.69) is 39.5 Å². The molecular weight excluding hydrogens is 314 g/mol. The van der Waals surface area contributed by atoms with Crippen LogP contribution in [-0.4, -0.2) is 41.0 Å². The summed E-state index contributed by atoms with van der Waals surface area (Å²) in [7, 11) is 0. The molecule has 4 rings (SSSR count). The van der Waals surface area contributed by atoms with Crippen molar-refractivity contribution >= 4 is 5.91 Å². The third-order valence-electron chi connectivity index (χ3n) is 5.40. The van der Waals surface area contributed by atoms with Gasteiger partial charge in [-0.3, -0.25) is 14.5 Å². The predicted octanol–water partition coefficient (Wildman–Crippen LogP) is 1.74. The molecule has 1 atom stereocenters. The number of carbonyl (C=O) groups is 1. The first-order valence-electron chi connectivity index (χ1n) is 9.00. The summed E-state index contributed by atoms with van der Waals surface area (Å²) in [6.45, 7) is 1.94. The third-order valence-corrected chi connectivity index (χ3v) is 5.40. The fourth-order valence-electron chi connectivity index (χ4n) is 4.11. The van der Waals surface area contributed by atoms with Crippen LogP contribution in [0.3, 0.4) is 0 Å². The Labute approximate surface area is 147 Å². The van der Waals surface area contributed by atoms with Gasteiger partial charge in [-0.15, -0.1) is 0 Å². The van der Waals surface area contributed by atoms with E-state index in [0.717, 1.165) is 38.8 Å². The number of likely N-dealkylation sites (tertiary alicyclic amines) is 1. The predicted molar refractivity (Wildman–Crippen MR) is 96.8 cm³/mol. The zero-order chi connectivity index (χ0) is 17.2. The minimum absolute atomic E-state index is 0.101. The zero-order valence-corrected chi connectivity index (χ0v) is 14.2. The number of aromatic nitrogens is 1. The molecule has 25 heavy (non-hydrogen) atoms. The first-order valence-corrected chi connectivity index (χ1v) is 9.00. The molecule has 0 radical (unpaired) electrons. The van der Waals surface area contributed by atoms with Gasteiger partial charge >= 0.3 is 0 Å². The van der Waals surface area contributed by atoms with E-state index in [4.69, 9.17) is 0 Å². The summed E-state index contributed by atoms with van der Waals surface area (Å²) < 4.78 is 0. The quantitative estimate of drug-likeness (QED) is 0.897. The van der Waals surface area contributed by atoms with Gasteiger partial charge in [0.25, 0.3) is 11.5 Å². The number of piperidine rings is 1. The molecule has 1 aromatic carbocycles. The fraction of sp³-hybridized carbons (Fsp3) is 0.400. The molecule has 2 aromatic rings. The van der Waals surface area contributed by atoms with Crippen molar-refractivity contribution in [2.75, 3.05) is 13.1 Å². The van der Waals surface area contributed by atoms with Gasteiger partial charge in [-0.1, -0.05) is 24.3 Å². The number of fused-ring (bicyclic) bond motifs is 1. The number of benzene rings is 1. The highest BCUT2D eigenvalue weighted by molar-refractivity contribution is 5.93. The minimum Gasteiger partial charge on any atom is -0.348 e. The van der Waals surface area contributed by atoms with Gasteiger partial charge in [-0.2, -0.15) is 0 Å². The molecule has 1 aliphatic carbocycles. The van der Waals surface area contributed by atoms with Crippen LogP contribution in [0, 0.1) is 0 Å². The second kappa shape index (κ2) is 6.84. The van der Waals surface area contributed by atoms with Crippen molar-refractivity contribution in [2.45, 2.75) is 37.8 Å². The Hall–Kier alpha value is -2.40. The standard InChI is InChI=1S/C20H23N3O2/c24-19-18(8-3-9-21-19)20(25)22-16-7-4-10-23(13-16)17-11-14-5-1-2-6-15(14)12-17/h1-3,5-6,8-9,16-17H,4,7,10-13H2,(H,21,24)(H,22,25)/t16-/m1/s1. The van der Waals surface area contributed by atoms with E-state index in [9.17, 15) is 9.59 Å². The number of aromatic amines is 1. The van der Waals surface area contributed by atoms with Crippen LogP contribution in [0.2, 0.25) is 0 Å². The monoisotopic (exact) mass is 337 g/mol. The van der Waals surface area contributed by atoms with E-state index >= 15 is 0 Å². The van der Waals surface area contributed by atoms with E-state index in [1.165, 1.54) is 11.1 Å². The molecule has 0 saturated carbocycles. The SMILES string of the molecule is O=C(N[C@@H]1CCCN(C2Cc3ccccc3C2)C1)c1ccc[nH]c1=O. The van der Waals surface area contributed by atoms with E-state index in [-0.39, 0.29) is 23.1 Å². The first kappa shape index (κ1) is 16.1. The Morgan fingerprint density at radius 1 is 1.12 bits per heavy atom. The number of amides is 1. The minimum atomic E-state index is -0.334. The van der Waals surface area contributed by atoms with E-state index in [1.807, 2.05) is 0 Å². The highest BCUT2D eigenvalue weighted by Crippen LogP contribution is 2.27. The molecule has 5 heteroatoms. The zero-order valence-electron chi connectivity index (χ0n) is 14.2. The molecule has 1 saturated heterocycles. The molecule has 2 N–H and O–H groups in total. The van der Waals surface area contributed by atoms with Crippen molar-refractivity contribution in [3.8, 4) is 0 Å². The average molecular weight is 337 g/mol. The second-order valence-corrected chi connectivity index (χ2v) is 7.05. The van der Waals surface area contributed by atoms with Crippen molar-refractivity contribution in [1.29, 1.82) is 0 Å². The van der Waals surface area contributed by atoms with Crippen molar-refractivity contribution in [1.82, 2.24) is 15.2 Å². The van der Waals surface area contributed by atoms with E-state index in [1.54, 1.807) is 18.3 Å². The van der Waals surface area contributed by atoms with Crippen LogP contribution in [-0.2, 0) is 12.8 Å². The van der Waals surface area contributed by atoms with E-state index in [0.29, 0.717) is 6.04 Å². The average Bonchev–Trinajstić information content (AvgIpc) is 3.06. The molecule has 1 aromatic heterocycles. The lowest BCUT2D eigenvalue weighted by molar-refractivity contribution is 0.0875. The summed E-state index contributed by atoms with van der Waals surface area (Å²) in [5.74, 6) is -0.275. The Kier molecular flexibility index (Phi) is 4.40. The molecule has 0 unspecified atom stereocenters. The molecule has 5 nitrogen and oxygen atoms in total. The van der Waals surface area contributed by atoms with Crippen LogP contribution in [0.1, 0.15) is 34.3 Å². The van der Waals surface area contributed by atoms with E-state index < -0.39 is 0 Å². The Morgan fingerprint density at radius 2 is 1.88 bits per heavy atom. The molecular formula is C20H23N3O2. The molecule has 0 spiro atoms. The van der Waals surface area contributed by atoms with Gasteiger partial charge in [0.15, 0.2) is 0 Å². The molecule has 1 amide bonds. The number of hydrogen-bond acceptors (Lipinski definition) is 3. The number of hydrogen-bond donors (Lipinski definition) is 2. The molecule has 2 heterocycles. The molecule has 1 aliphatic heterocycles. The van der Waals surface area contributed by atoms with Crippen LogP contribution in [0.5, 0.6) is 0 Å². The maximum atomic E-state index is 12.4. The second-order valence-electron chi connectivity index (χ2n) is 7.05. The van der Waals surface area contributed by atoms with Gasteiger partial charge in [0.05, 0.1) is 0 Å². The molecule has 2 aliphatic rings. The van der Waals surface area contributed by atoms with Gasteiger partial charge < -0.3 is 10.3 Å². The number of carbonyl (C=O) groups excluding carboxylic acids is 1. The highest BCUT2D eigenvalue weighted by Gasteiger charge is 2.31. The lowest BCUT2D eigenvalue weighted by Gasteiger charge is -2.37. The smallest absolute Gasteiger partial charge is 0.260 e. The number of H-pyrrole nitrogens is 1. The molecule has 130 valence electrons. The summed E-state index contributed by atoms with van der Waals surface area (Å²) in [4.78, 5) is 29.2. The van der Waals surface area contributed by atoms with Gasteiger partial charge in [-0.05, 0) is 55.5 Å². The van der Waals surface area contributed by atoms with Crippen LogP contribution in [0.4, 0.5) is 0 Å². The first-order chi connectivity index (χ1) is 12.2. The van der Waals surface area contributed by atoms with Crippen LogP contribution >= 0.6 is 0 Å². The maximum absolute atomic E-state index is 12.4. The summed E-state index contributed by atoms with van der Waals surface area (Å²) >= 11 is 0. The van der Waals surface area contributed by atoms with Crippen molar-refractivity contribution in [3.63, 3.8) is 0 Å². The number of rotatable bonds is 3. The number of nitrogens with zero attached hydrogens (tertiary/aromatic N) is 1. The largest absolute Gasteiger partial charge is 0.348 e. The normalized spacial score (nSPS) is 21.0. The Bertz CT molecular complexity index is 804. The Morgan fingerprint density at radius 3 is 2.60 bits per heavy atom. The lowest BCUT2D eigenvalue weighted by Crippen LogP contribution is -2.51. The fourth-order valence-corrected chi connectivity index (χ4v) is 4.11. The third kappa shape index (κ3) is 3.37. The van der Waals surface area contributed by atoms with Crippen molar-refractivity contribution in [2.24, 2.45) is 0 Å². The summed E-state index contributed by atoms with van der Waals surface area (Å²) in [6.07, 6.45) is 5.76. The van der Waals surface area contributed by atoms with Crippen LogP contribution in [0.25, 0.3) is 0 Å². The van der Waals surface area contributed by atoms with Crippen molar-refractivity contribution < 1.29 is 4.79 Å². The lowest BCUT2D eigenvalue weighted by atomic mass is 10.0. The van der Waals surface area contributed by atoms with Crippen LogP contribution < -0.4 is 10.9 Å². The summed E-state index contributed by atoms with van der Waals surface area (Å²) in [5.41, 5.74) is 2.76. The van der Waals surface area contributed by atoms with Gasteiger partial charge in [0, 0.05) is 24.8 Å². The van der Waals surface area contributed by atoms with Gasteiger partial charge in [0.1, 0.15) is 5.56 Å². The number of pyridine rings is 1. The topological polar surface area (TPSA) is 65.2 Å². The highest BCUT2D eigenvalue weighted by atomic mass is 16.2. The number of nitrogens with one attached hydrogen (secondary N) is 2. The molecule has 1 fully saturated rings. The summed E-state index contributed by atoms with van der Waals surface area (Å²) in [5, 5.41) is 3.05. The van der Waals surface area contributed by atoms with Crippen molar-refractivity contribution in [3.05, 3.63) is 69.6 Å². The van der Waals surface area contributed by atoms with Crippen LogP contribution in [0.15, 0.2) is 47.4 Å². The maximum Gasteiger partial charge on any atom is 0.260 e. The summed E-state index contributed by atoms with van der Waals surface area (Å²) in [6, 6.07) is 12.5. The van der Waals surface area contributed by atoms with Gasteiger partial charge in [0.2, 0.25) is 0 Å². The molecule has 0 bridgehead atoms. The Balaban J connectivity index is 1.40.